The maximum atomic E-state index is 9.21. The summed E-state index contributed by atoms with van der Waals surface area (Å²) in [6.45, 7) is 3.77. The number of aromatic nitrogens is 2. The molecule has 0 atom stereocenters. The van der Waals surface area contributed by atoms with E-state index in [1.807, 2.05) is 36.4 Å². The Morgan fingerprint density at radius 2 is 2.05 bits per heavy atom. The highest BCUT2D eigenvalue weighted by Gasteiger charge is 2.13. The van der Waals surface area contributed by atoms with E-state index in [2.05, 4.69) is 17.2 Å². The highest BCUT2D eigenvalue weighted by atomic mass is 15.1. The van der Waals surface area contributed by atoms with Gasteiger partial charge in [-0.15, -0.1) is 0 Å². The molecule has 0 saturated carbocycles. The largest absolute Gasteiger partial charge is 0.313 e. The molecule has 1 heterocycles. The van der Waals surface area contributed by atoms with Gasteiger partial charge in [-0.25, -0.2) is 4.98 Å². The molecule has 0 spiro atoms. The van der Waals surface area contributed by atoms with Crippen LogP contribution < -0.4 is 5.32 Å². The van der Waals surface area contributed by atoms with Crippen molar-refractivity contribution in [2.45, 2.75) is 19.9 Å². The van der Waals surface area contributed by atoms with Crippen LogP contribution in [0, 0.1) is 22.7 Å². The van der Waals surface area contributed by atoms with Gasteiger partial charge >= 0.3 is 0 Å². The van der Waals surface area contributed by atoms with Gasteiger partial charge in [-0.1, -0.05) is 25.1 Å². The monoisotopic (exact) mass is 265 g/mol. The Kier molecular flexibility index (Phi) is 4.49. The quantitative estimate of drug-likeness (QED) is 0.840. The molecule has 0 amide bonds. The van der Waals surface area contributed by atoms with Crippen molar-refractivity contribution in [2.75, 3.05) is 6.54 Å². The fraction of sp³-hybridized carbons (Fsp3) is 0.267. The van der Waals surface area contributed by atoms with Gasteiger partial charge in [0.25, 0.3) is 0 Å². The number of hydrogen-bond acceptors (Lipinski definition) is 4. The Morgan fingerprint density at radius 3 is 2.75 bits per heavy atom. The van der Waals surface area contributed by atoms with Gasteiger partial charge < -0.3 is 5.32 Å². The molecule has 0 bridgehead atoms. The summed E-state index contributed by atoms with van der Waals surface area (Å²) in [6, 6.07) is 11.8. The number of nitrogens with zero attached hydrogens (tertiary/aromatic N) is 4. The van der Waals surface area contributed by atoms with Gasteiger partial charge in [0.05, 0.1) is 5.69 Å². The van der Waals surface area contributed by atoms with Crippen LogP contribution in [0.25, 0.3) is 5.69 Å². The summed E-state index contributed by atoms with van der Waals surface area (Å²) in [4.78, 5) is 3.98. The van der Waals surface area contributed by atoms with Crippen molar-refractivity contribution in [2.24, 2.45) is 0 Å². The van der Waals surface area contributed by atoms with E-state index in [9.17, 15) is 5.26 Å². The van der Waals surface area contributed by atoms with Gasteiger partial charge in [0.2, 0.25) is 0 Å². The molecule has 1 N–H and O–H groups in total. The number of benzene rings is 1. The fourth-order valence-electron chi connectivity index (χ4n) is 2.01. The molecule has 5 nitrogen and oxygen atoms in total. The van der Waals surface area contributed by atoms with Crippen LogP contribution in [0.5, 0.6) is 0 Å². The molecule has 5 heteroatoms. The molecule has 0 aliphatic rings. The molecule has 0 unspecified atom stereocenters. The summed E-state index contributed by atoms with van der Waals surface area (Å²) < 4.78 is 1.67. The van der Waals surface area contributed by atoms with E-state index >= 15 is 0 Å². The van der Waals surface area contributed by atoms with Gasteiger partial charge in [0, 0.05) is 6.54 Å². The lowest BCUT2D eigenvalue weighted by molar-refractivity contribution is 0.673. The van der Waals surface area contributed by atoms with Crippen LogP contribution in [0.1, 0.15) is 30.3 Å². The second-order valence-electron chi connectivity index (χ2n) is 4.34. The average Bonchev–Trinajstić information content (AvgIpc) is 2.90. The first kappa shape index (κ1) is 13.8. The third-order valence-electron chi connectivity index (χ3n) is 2.97. The van der Waals surface area contributed by atoms with Crippen molar-refractivity contribution in [1.82, 2.24) is 14.9 Å². The molecule has 100 valence electrons. The zero-order valence-electron chi connectivity index (χ0n) is 11.3. The van der Waals surface area contributed by atoms with E-state index in [4.69, 9.17) is 5.26 Å². The van der Waals surface area contributed by atoms with Crippen LogP contribution in [0.3, 0.4) is 0 Å². The molecule has 0 radical (unpaired) electrons. The molecule has 0 fully saturated rings. The summed E-state index contributed by atoms with van der Waals surface area (Å²) in [7, 11) is 0. The maximum absolute atomic E-state index is 9.21. The van der Waals surface area contributed by atoms with Crippen molar-refractivity contribution in [3.8, 4) is 17.8 Å². The summed E-state index contributed by atoms with van der Waals surface area (Å²) in [5.41, 5.74) is 2.38. The number of nitriles is 2. The van der Waals surface area contributed by atoms with Crippen LogP contribution >= 0.6 is 0 Å². The predicted molar refractivity (Wildman–Crippen MR) is 75.0 cm³/mol. The molecule has 0 aliphatic heterocycles. The second kappa shape index (κ2) is 6.51. The lowest BCUT2D eigenvalue weighted by atomic mass is 10.1. The first-order chi connectivity index (χ1) is 9.81. The standard InChI is InChI=1S/C15H15N5/c1-2-7-18-10-12-5-3-4-6-14(12)20-11-19-13(8-16)15(20)9-17/h3-6,11,18H,2,7,10H2,1H3. The molecule has 2 rings (SSSR count). The Bertz CT molecular complexity index is 672. The van der Waals surface area contributed by atoms with Crippen LogP contribution in [0.15, 0.2) is 30.6 Å². The molecule has 0 aliphatic carbocycles. The Labute approximate surface area is 118 Å². The number of hydrogen-bond donors (Lipinski definition) is 1. The number of imidazole rings is 1. The molecular weight excluding hydrogens is 250 g/mol. The molecule has 2 aromatic rings. The van der Waals surface area contributed by atoms with E-state index < -0.39 is 0 Å². The van der Waals surface area contributed by atoms with Gasteiger partial charge in [-0.05, 0) is 24.6 Å². The first-order valence-electron chi connectivity index (χ1n) is 6.48. The Hall–Kier alpha value is -2.63. The average molecular weight is 265 g/mol. The topological polar surface area (TPSA) is 77.4 Å². The van der Waals surface area contributed by atoms with Crippen LogP contribution in [0.4, 0.5) is 0 Å². The van der Waals surface area contributed by atoms with Gasteiger partial charge in [0.1, 0.15) is 18.5 Å². The van der Waals surface area contributed by atoms with Crippen molar-refractivity contribution < 1.29 is 0 Å². The lowest BCUT2D eigenvalue weighted by Crippen LogP contribution is -2.15. The minimum absolute atomic E-state index is 0.156. The summed E-state index contributed by atoms with van der Waals surface area (Å²) in [6.07, 6.45) is 2.59. The minimum atomic E-state index is 0.156. The van der Waals surface area contributed by atoms with E-state index in [1.165, 1.54) is 6.33 Å². The van der Waals surface area contributed by atoms with Gasteiger partial charge in [0.15, 0.2) is 11.4 Å². The van der Waals surface area contributed by atoms with Gasteiger partial charge in [-0.2, -0.15) is 10.5 Å². The molecular formula is C15H15N5. The van der Waals surface area contributed by atoms with Crippen molar-refractivity contribution >= 4 is 0 Å². The predicted octanol–water partition coefficient (Wildman–Crippen LogP) is 2.12. The fourth-order valence-corrected chi connectivity index (χ4v) is 2.01. The summed E-state index contributed by atoms with van der Waals surface area (Å²) >= 11 is 0. The summed E-state index contributed by atoms with van der Waals surface area (Å²) in [5, 5.41) is 21.5. The smallest absolute Gasteiger partial charge is 0.177 e. The molecule has 20 heavy (non-hydrogen) atoms. The second-order valence-corrected chi connectivity index (χ2v) is 4.34. The number of rotatable bonds is 5. The maximum Gasteiger partial charge on any atom is 0.177 e. The third kappa shape index (κ3) is 2.69. The van der Waals surface area contributed by atoms with Crippen molar-refractivity contribution in [1.29, 1.82) is 10.5 Å². The SMILES string of the molecule is CCCNCc1ccccc1-n1cnc(C#N)c1C#N. The zero-order chi connectivity index (χ0) is 14.4. The lowest BCUT2D eigenvalue weighted by Gasteiger charge is -2.11. The molecule has 1 aromatic carbocycles. The molecule has 0 saturated heterocycles. The Balaban J connectivity index is 2.41. The number of nitrogens with one attached hydrogen (secondary N) is 1. The van der Waals surface area contributed by atoms with Crippen LogP contribution in [-0.4, -0.2) is 16.1 Å². The third-order valence-corrected chi connectivity index (χ3v) is 2.97. The zero-order valence-corrected chi connectivity index (χ0v) is 11.3. The molecule has 1 aromatic heterocycles. The first-order valence-corrected chi connectivity index (χ1v) is 6.48. The van der Waals surface area contributed by atoms with E-state index in [-0.39, 0.29) is 11.4 Å². The van der Waals surface area contributed by atoms with E-state index in [1.54, 1.807) is 4.57 Å². The van der Waals surface area contributed by atoms with Crippen LogP contribution in [-0.2, 0) is 6.54 Å². The van der Waals surface area contributed by atoms with E-state index in [0.29, 0.717) is 0 Å². The normalized spacial score (nSPS) is 9.95. The van der Waals surface area contributed by atoms with E-state index in [0.717, 1.165) is 30.8 Å². The van der Waals surface area contributed by atoms with Crippen molar-refractivity contribution in [3.05, 3.63) is 47.5 Å². The van der Waals surface area contributed by atoms with Crippen molar-refractivity contribution in [3.63, 3.8) is 0 Å². The summed E-state index contributed by atoms with van der Waals surface area (Å²) in [5.74, 6) is 0. The number of para-hydroxylation sites is 1. The van der Waals surface area contributed by atoms with Crippen LogP contribution in [0.2, 0.25) is 0 Å². The highest BCUT2D eigenvalue weighted by Crippen LogP contribution is 2.18. The Morgan fingerprint density at radius 1 is 1.25 bits per heavy atom. The highest BCUT2D eigenvalue weighted by molar-refractivity contribution is 5.48. The minimum Gasteiger partial charge on any atom is -0.313 e. The van der Waals surface area contributed by atoms with Gasteiger partial charge in [-0.3, -0.25) is 4.57 Å².